The highest BCUT2D eigenvalue weighted by Crippen LogP contribution is 2.43. The minimum Gasteiger partial charge on any atom is -0.377 e. The van der Waals surface area contributed by atoms with Crippen molar-refractivity contribution in [1.29, 1.82) is 0 Å². The fourth-order valence-electron chi connectivity index (χ4n) is 2.12. The summed E-state index contributed by atoms with van der Waals surface area (Å²) < 4.78 is 89.2. The molecule has 1 aliphatic heterocycles. The first-order valence-corrected chi connectivity index (χ1v) is 8.67. The predicted molar refractivity (Wildman–Crippen MR) is 71.8 cm³/mol. The molecule has 23 heavy (non-hydrogen) atoms. The van der Waals surface area contributed by atoms with Crippen LogP contribution in [0.1, 0.15) is 25.7 Å². The van der Waals surface area contributed by atoms with Crippen LogP contribution in [-0.2, 0) is 14.6 Å². The third-order valence-corrected chi connectivity index (χ3v) is 6.99. The number of aliphatic hydroxyl groups excluding tert-OH is 1. The molecule has 0 aromatic rings. The van der Waals surface area contributed by atoms with Crippen LogP contribution in [0.15, 0.2) is 0 Å². The van der Waals surface area contributed by atoms with Gasteiger partial charge in [0.25, 0.3) is 0 Å². The van der Waals surface area contributed by atoms with E-state index in [1.807, 2.05) is 0 Å². The molecule has 1 saturated heterocycles. The van der Waals surface area contributed by atoms with Crippen LogP contribution in [0.4, 0.5) is 22.0 Å². The minimum absolute atomic E-state index is 0.298. The Morgan fingerprint density at radius 3 is 2.22 bits per heavy atom. The number of rotatable bonds is 7. The zero-order valence-corrected chi connectivity index (χ0v) is 13.4. The van der Waals surface area contributed by atoms with E-state index in [1.165, 1.54) is 0 Å². The van der Waals surface area contributed by atoms with Gasteiger partial charge in [-0.1, -0.05) is 11.6 Å². The molecule has 1 heterocycles. The van der Waals surface area contributed by atoms with E-state index in [9.17, 15) is 35.5 Å². The molecule has 1 aliphatic rings. The van der Waals surface area contributed by atoms with Gasteiger partial charge in [-0.2, -0.15) is 22.0 Å². The van der Waals surface area contributed by atoms with Crippen molar-refractivity contribution >= 4 is 21.4 Å². The molecular formula is C11H17ClF5NO4S. The average molecular weight is 390 g/mol. The molecule has 0 aromatic heterocycles. The second kappa shape index (κ2) is 6.95. The van der Waals surface area contributed by atoms with E-state index in [0.29, 0.717) is 19.4 Å². The summed E-state index contributed by atoms with van der Waals surface area (Å²) >= 11 is 5.68. The van der Waals surface area contributed by atoms with Crippen LogP contribution in [-0.4, -0.2) is 54.5 Å². The van der Waals surface area contributed by atoms with Crippen molar-refractivity contribution < 1.29 is 40.2 Å². The van der Waals surface area contributed by atoms with Crippen molar-refractivity contribution in [1.82, 2.24) is 0 Å². The molecule has 3 N–H and O–H groups in total. The molecule has 12 heteroatoms. The summed E-state index contributed by atoms with van der Waals surface area (Å²) in [6.07, 6.45) is -11.3. The van der Waals surface area contributed by atoms with Crippen molar-refractivity contribution in [3.8, 4) is 0 Å². The maximum absolute atomic E-state index is 13.0. The summed E-state index contributed by atoms with van der Waals surface area (Å²) in [6, 6.07) is 0. The Morgan fingerprint density at radius 1 is 1.26 bits per heavy atom. The van der Waals surface area contributed by atoms with Gasteiger partial charge in [0.1, 0.15) is 6.23 Å². The van der Waals surface area contributed by atoms with Gasteiger partial charge in [0.05, 0.1) is 11.9 Å². The molecule has 0 aliphatic carbocycles. The second-order valence-electron chi connectivity index (χ2n) is 5.35. The first-order valence-electron chi connectivity index (χ1n) is 6.64. The minimum atomic E-state index is -5.86. The summed E-state index contributed by atoms with van der Waals surface area (Å²) in [5.41, 5.74) is 5.05. The number of alkyl halides is 6. The number of hydrogen-bond donors (Lipinski definition) is 2. The van der Waals surface area contributed by atoms with Crippen molar-refractivity contribution in [3.63, 3.8) is 0 Å². The maximum Gasteiger partial charge on any atom is 0.453 e. The fourth-order valence-corrected chi connectivity index (χ4v) is 4.21. The van der Waals surface area contributed by atoms with Crippen LogP contribution in [0.2, 0.25) is 0 Å². The number of sulfone groups is 1. The van der Waals surface area contributed by atoms with E-state index in [4.69, 9.17) is 22.1 Å². The highest BCUT2D eigenvalue weighted by Gasteiger charge is 2.59. The molecule has 138 valence electrons. The van der Waals surface area contributed by atoms with Crippen LogP contribution in [0.25, 0.3) is 0 Å². The highest BCUT2D eigenvalue weighted by molar-refractivity contribution is 7.94. The van der Waals surface area contributed by atoms with Gasteiger partial charge in [0.2, 0.25) is 0 Å². The zero-order chi connectivity index (χ0) is 18.1. The Bertz CT molecular complexity index is 507. The lowest BCUT2D eigenvalue weighted by molar-refractivity contribution is -0.284. The molecule has 0 radical (unpaired) electrons. The maximum atomic E-state index is 13.0. The summed E-state index contributed by atoms with van der Waals surface area (Å²) in [7, 11) is -4.51. The molecule has 3 atom stereocenters. The molecule has 0 bridgehead atoms. The molecule has 1 rings (SSSR count). The number of aliphatic hydroxyl groups is 1. The summed E-state index contributed by atoms with van der Waals surface area (Å²) in [5.74, 6) is -5.87. The molecule has 0 saturated carbocycles. The smallest absolute Gasteiger partial charge is 0.377 e. The Hall–Kier alpha value is -0.230. The Kier molecular flexibility index (Phi) is 6.29. The monoisotopic (exact) mass is 389 g/mol. The van der Waals surface area contributed by atoms with Gasteiger partial charge in [-0.05, 0) is 19.3 Å². The van der Waals surface area contributed by atoms with Gasteiger partial charge in [-0.15, -0.1) is 0 Å². The first-order chi connectivity index (χ1) is 10.2. The van der Waals surface area contributed by atoms with Crippen LogP contribution >= 0.6 is 11.6 Å². The second-order valence-corrected chi connectivity index (χ2v) is 8.54. The standard InChI is InChI=1S/C11H17ClF5NO4S/c12-9(8(18)19,3-4-10(13,14)11(15,16)17)23(20,21)6-7-2-1-5-22-7/h7-8,19H,1-6,18H2. The number of hydrogen-bond acceptors (Lipinski definition) is 5. The number of nitrogens with two attached hydrogens (primary N) is 1. The topological polar surface area (TPSA) is 89.6 Å². The predicted octanol–water partition coefficient (Wildman–Crippen LogP) is 1.77. The third kappa shape index (κ3) is 4.65. The average Bonchev–Trinajstić information content (AvgIpc) is 2.86. The SMILES string of the molecule is NC(O)C(Cl)(CCC(F)(F)C(F)(F)F)S(=O)(=O)CC1CCCO1. The molecule has 3 unspecified atom stereocenters. The van der Waals surface area contributed by atoms with Crippen molar-refractivity contribution in [2.75, 3.05) is 12.4 Å². The zero-order valence-electron chi connectivity index (χ0n) is 11.8. The van der Waals surface area contributed by atoms with Gasteiger partial charge < -0.3 is 15.6 Å². The van der Waals surface area contributed by atoms with Gasteiger partial charge in [-0.25, -0.2) is 8.42 Å². The van der Waals surface area contributed by atoms with E-state index in [0.717, 1.165) is 0 Å². The van der Waals surface area contributed by atoms with Crippen molar-refractivity contribution in [2.45, 2.75) is 54.3 Å². The van der Waals surface area contributed by atoms with Gasteiger partial charge in [-0.3, -0.25) is 0 Å². The van der Waals surface area contributed by atoms with E-state index < -0.39 is 57.1 Å². The number of halogens is 6. The lowest BCUT2D eigenvalue weighted by Gasteiger charge is -2.32. The van der Waals surface area contributed by atoms with Crippen molar-refractivity contribution in [2.24, 2.45) is 5.73 Å². The van der Waals surface area contributed by atoms with Crippen molar-refractivity contribution in [3.05, 3.63) is 0 Å². The molecule has 0 aromatic carbocycles. The van der Waals surface area contributed by atoms with E-state index in [1.54, 1.807) is 0 Å². The van der Waals surface area contributed by atoms with Gasteiger partial charge in [0.15, 0.2) is 14.0 Å². The molecule has 1 fully saturated rings. The molecule has 5 nitrogen and oxygen atoms in total. The van der Waals surface area contributed by atoms with Crippen LogP contribution in [0.5, 0.6) is 0 Å². The lowest BCUT2D eigenvalue weighted by atomic mass is 10.1. The number of ether oxygens (including phenoxy) is 1. The van der Waals surface area contributed by atoms with E-state index in [-0.39, 0.29) is 0 Å². The third-order valence-electron chi connectivity index (χ3n) is 3.58. The van der Waals surface area contributed by atoms with E-state index in [2.05, 4.69) is 0 Å². The first kappa shape index (κ1) is 20.8. The van der Waals surface area contributed by atoms with E-state index >= 15 is 0 Å². The van der Waals surface area contributed by atoms with Gasteiger partial charge >= 0.3 is 12.1 Å². The largest absolute Gasteiger partial charge is 0.453 e. The summed E-state index contributed by atoms with van der Waals surface area (Å²) in [6.45, 7) is 0.298. The Morgan fingerprint density at radius 2 is 1.83 bits per heavy atom. The molecule has 0 spiro atoms. The summed E-state index contributed by atoms with van der Waals surface area (Å²) in [4.78, 5) is 0. The quantitative estimate of drug-likeness (QED) is 0.393. The Balaban J connectivity index is 2.93. The molecule has 0 amide bonds. The lowest BCUT2D eigenvalue weighted by Crippen LogP contribution is -2.52. The fraction of sp³-hybridized carbons (Fsp3) is 1.00. The summed E-state index contributed by atoms with van der Waals surface area (Å²) in [5, 5.41) is 9.38. The molecular weight excluding hydrogens is 373 g/mol. The normalized spacial score (nSPS) is 24.4. The van der Waals surface area contributed by atoms with Crippen LogP contribution < -0.4 is 5.73 Å². The highest BCUT2D eigenvalue weighted by atomic mass is 35.5. The van der Waals surface area contributed by atoms with Gasteiger partial charge in [0, 0.05) is 13.0 Å². The Labute approximate surface area is 134 Å². The van der Waals surface area contributed by atoms with Crippen LogP contribution in [0, 0.1) is 0 Å². The van der Waals surface area contributed by atoms with Crippen LogP contribution in [0.3, 0.4) is 0 Å².